The van der Waals surface area contributed by atoms with E-state index in [0.717, 1.165) is 13.1 Å². The fourth-order valence-electron chi connectivity index (χ4n) is 2.60. The molecule has 0 spiro atoms. The van der Waals surface area contributed by atoms with Crippen LogP contribution in [0.3, 0.4) is 0 Å². The van der Waals surface area contributed by atoms with Crippen molar-refractivity contribution in [3.8, 4) is 5.75 Å². The molecule has 88 valence electrons. The third kappa shape index (κ3) is 2.20. The molecule has 0 radical (unpaired) electrons. The van der Waals surface area contributed by atoms with Crippen LogP contribution < -0.4 is 5.73 Å². The molecular formula is C13H20N2O. The van der Waals surface area contributed by atoms with Crippen molar-refractivity contribution in [2.24, 2.45) is 5.73 Å². The second-order valence-electron chi connectivity index (χ2n) is 4.54. The highest BCUT2D eigenvalue weighted by Crippen LogP contribution is 2.29. The molecule has 1 fully saturated rings. The van der Waals surface area contributed by atoms with Crippen molar-refractivity contribution in [1.82, 2.24) is 4.90 Å². The van der Waals surface area contributed by atoms with E-state index in [1.165, 1.54) is 18.4 Å². The van der Waals surface area contributed by atoms with Crippen LogP contribution in [0.15, 0.2) is 24.3 Å². The van der Waals surface area contributed by atoms with E-state index < -0.39 is 0 Å². The number of nitrogens with two attached hydrogens (primary N) is 1. The van der Waals surface area contributed by atoms with E-state index in [1.54, 1.807) is 6.07 Å². The number of aromatic hydroxyl groups is 1. The average Bonchev–Trinajstić information content (AvgIpc) is 2.76. The maximum atomic E-state index is 9.48. The Morgan fingerprint density at radius 1 is 1.56 bits per heavy atom. The number of phenols is 1. The number of nitrogens with zero attached hydrogens (tertiary/aromatic N) is 1. The molecule has 0 aliphatic carbocycles. The summed E-state index contributed by atoms with van der Waals surface area (Å²) in [5, 5.41) is 9.48. The third-order valence-electron chi connectivity index (χ3n) is 3.54. The van der Waals surface area contributed by atoms with Gasteiger partial charge in [0.05, 0.1) is 0 Å². The molecule has 0 saturated carbocycles. The highest BCUT2D eigenvalue weighted by molar-refractivity contribution is 5.29. The smallest absolute Gasteiger partial charge is 0.115 e. The van der Waals surface area contributed by atoms with E-state index in [2.05, 4.69) is 17.9 Å². The van der Waals surface area contributed by atoms with Crippen LogP contribution in [-0.2, 0) is 0 Å². The number of hydrogen-bond acceptors (Lipinski definition) is 3. The topological polar surface area (TPSA) is 49.5 Å². The molecule has 0 amide bonds. The Morgan fingerprint density at radius 2 is 2.38 bits per heavy atom. The minimum absolute atomic E-state index is 0.336. The maximum Gasteiger partial charge on any atom is 0.115 e. The van der Waals surface area contributed by atoms with Gasteiger partial charge in [0.15, 0.2) is 0 Å². The van der Waals surface area contributed by atoms with E-state index in [9.17, 15) is 5.11 Å². The Labute approximate surface area is 96.9 Å². The zero-order valence-electron chi connectivity index (χ0n) is 9.76. The lowest BCUT2D eigenvalue weighted by atomic mass is 10.1. The number of likely N-dealkylation sites (tertiary alicyclic amines) is 1. The van der Waals surface area contributed by atoms with Crippen molar-refractivity contribution in [3.05, 3.63) is 29.8 Å². The molecule has 3 heteroatoms. The van der Waals surface area contributed by atoms with E-state index in [-0.39, 0.29) is 0 Å². The van der Waals surface area contributed by atoms with Crippen molar-refractivity contribution >= 4 is 0 Å². The van der Waals surface area contributed by atoms with Crippen LogP contribution in [-0.4, -0.2) is 29.1 Å². The molecule has 1 aliphatic rings. The predicted molar refractivity (Wildman–Crippen MR) is 65.3 cm³/mol. The molecule has 1 aliphatic heterocycles. The quantitative estimate of drug-likeness (QED) is 0.817. The van der Waals surface area contributed by atoms with Crippen molar-refractivity contribution in [3.63, 3.8) is 0 Å². The molecule has 1 heterocycles. The number of benzene rings is 1. The summed E-state index contributed by atoms with van der Waals surface area (Å²) in [6.45, 7) is 4.02. The molecule has 1 aromatic carbocycles. The van der Waals surface area contributed by atoms with Crippen LogP contribution in [0.5, 0.6) is 5.75 Å². The molecule has 0 aromatic heterocycles. The van der Waals surface area contributed by atoms with Gasteiger partial charge in [0, 0.05) is 18.6 Å². The molecule has 16 heavy (non-hydrogen) atoms. The fraction of sp³-hybridized carbons (Fsp3) is 0.538. The lowest BCUT2D eigenvalue weighted by molar-refractivity contribution is 0.196. The van der Waals surface area contributed by atoms with Gasteiger partial charge in [-0.25, -0.2) is 0 Å². The van der Waals surface area contributed by atoms with Gasteiger partial charge in [-0.3, -0.25) is 4.90 Å². The Balaban J connectivity index is 2.15. The molecule has 2 rings (SSSR count). The SMILES string of the molecule is CC(c1cccc(O)c1)N1CCCC1CN. The van der Waals surface area contributed by atoms with Crippen LogP contribution in [0.2, 0.25) is 0 Å². The second kappa shape index (κ2) is 4.85. The standard InChI is InChI=1S/C13H20N2O/c1-10(11-4-2-6-13(16)8-11)15-7-3-5-12(15)9-14/h2,4,6,8,10,12,16H,3,5,7,9,14H2,1H3. The van der Waals surface area contributed by atoms with E-state index >= 15 is 0 Å². The second-order valence-corrected chi connectivity index (χ2v) is 4.54. The largest absolute Gasteiger partial charge is 0.508 e. The molecule has 2 unspecified atom stereocenters. The summed E-state index contributed by atoms with van der Waals surface area (Å²) in [6.07, 6.45) is 2.42. The number of rotatable bonds is 3. The minimum atomic E-state index is 0.336. The molecule has 3 nitrogen and oxygen atoms in total. The van der Waals surface area contributed by atoms with E-state index in [1.807, 2.05) is 12.1 Å². The summed E-state index contributed by atoms with van der Waals surface area (Å²) in [7, 11) is 0. The summed E-state index contributed by atoms with van der Waals surface area (Å²) in [5.41, 5.74) is 6.95. The van der Waals surface area contributed by atoms with Gasteiger partial charge in [-0.05, 0) is 44.0 Å². The number of phenolic OH excluding ortho intramolecular Hbond substituents is 1. The lowest BCUT2D eigenvalue weighted by Gasteiger charge is -2.30. The molecular weight excluding hydrogens is 200 g/mol. The minimum Gasteiger partial charge on any atom is -0.508 e. The Kier molecular flexibility index (Phi) is 3.46. The molecule has 3 N–H and O–H groups in total. The van der Waals surface area contributed by atoms with E-state index in [0.29, 0.717) is 17.8 Å². The predicted octanol–water partition coefficient (Wildman–Crippen LogP) is 1.88. The van der Waals surface area contributed by atoms with Gasteiger partial charge in [-0.2, -0.15) is 0 Å². The summed E-state index contributed by atoms with van der Waals surface area (Å²) in [4.78, 5) is 2.44. The maximum absolute atomic E-state index is 9.48. The molecule has 0 bridgehead atoms. The van der Waals surface area contributed by atoms with Crippen molar-refractivity contribution < 1.29 is 5.11 Å². The van der Waals surface area contributed by atoms with E-state index in [4.69, 9.17) is 5.73 Å². The van der Waals surface area contributed by atoms with Crippen LogP contribution in [0.4, 0.5) is 0 Å². The summed E-state index contributed by atoms with van der Waals surface area (Å²) in [6, 6.07) is 8.35. The van der Waals surface area contributed by atoms with Gasteiger partial charge < -0.3 is 10.8 Å². The summed E-state index contributed by atoms with van der Waals surface area (Å²) < 4.78 is 0. The van der Waals surface area contributed by atoms with Crippen LogP contribution in [0, 0.1) is 0 Å². The summed E-state index contributed by atoms with van der Waals surface area (Å²) >= 11 is 0. The summed E-state index contributed by atoms with van der Waals surface area (Å²) in [5.74, 6) is 0.341. The lowest BCUT2D eigenvalue weighted by Crippen LogP contribution is -2.37. The van der Waals surface area contributed by atoms with Gasteiger partial charge in [0.25, 0.3) is 0 Å². The van der Waals surface area contributed by atoms with Gasteiger partial charge in [-0.15, -0.1) is 0 Å². The Hall–Kier alpha value is -1.06. The monoisotopic (exact) mass is 220 g/mol. The fourth-order valence-corrected chi connectivity index (χ4v) is 2.60. The van der Waals surface area contributed by atoms with Crippen molar-refractivity contribution in [2.75, 3.05) is 13.1 Å². The number of hydrogen-bond donors (Lipinski definition) is 2. The van der Waals surface area contributed by atoms with Crippen molar-refractivity contribution in [1.29, 1.82) is 0 Å². The first-order chi connectivity index (χ1) is 7.72. The average molecular weight is 220 g/mol. The first-order valence-electron chi connectivity index (χ1n) is 5.97. The molecule has 1 aromatic rings. The third-order valence-corrected chi connectivity index (χ3v) is 3.54. The normalized spacial score (nSPS) is 23.5. The highest BCUT2D eigenvalue weighted by Gasteiger charge is 2.27. The van der Waals surface area contributed by atoms with Gasteiger partial charge in [0.2, 0.25) is 0 Å². The zero-order chi connectivity index (χ0) is 11.5. The Bertz CT molecular complexity index is 354. The Morgan fingerprint density at radius 3 is 3.06 bits per heavy atom. The first-order valence-corrected chi connectivity index (χ1v) is 5.97. The van der Waals surface area contributed by atoms with Crippen LogP contribution >= 0.6 is 0 Å². The van der Waals surface area contributed by atoms with Gasteiger partial charge in [-0.1, -0.05) is 12.1 Å². The van der Waals surface area contributed by atoms with Gasteiger partial charge in [0.1, 0.15) is 5.75 Å². The van der Waals surface area contributed by atoms with Crippen LogP contribution in [0.25, 0.3) is 0 Å². The highest BCUT2D eigenvalue weighted by atomic mass is 16.3. The van der Waals surface area contributed by atoms with Crippen molar-refractivity contribution in [2.45, 2.75) is 31.8 Å². The van der Waals surface area contributed by atoms with Crippen LogP contribution in [0.1, 0.15) is 31.4 Å². The first kappa shape index (κ1) is 11.4. The zero-order valence-corrected chi connectivity index (χ0v) is 9.76. The molecule has 1 saturated heterocycles. The van der Waals surface area contributed by atoms with Gasteiger partial charge >= 0.3 is 0 Å². The molecule has 2 atom stereocenters.